The predicted octanol–water partition coefficient (Wildman–Crippen LogP) is 2.16. The third-order valence-corrected chi connectivity index (χ3v) is 4.34. The van der Waals surface area contributed by atoms with E-state index in [-0.39, 0.29) is 5.97 Å². The molecule has 2 aliphatic heterocycles. The molecule has 4 heteroatoms. The van der Waals surface area contributed by atoms with Gasteiger partial charge >= 0.3 is 5.97 Å². The summed E-state index contributed by atoms with van der Waals surface area (Å²) in [6.07, 6.45) is 8.26. The first-order valence-corrected chi connectivity index (χ1v) is 6.80. The Kier molecular flexibility index (Phi) is 3.12. The standard InChI is InChI=1S/C14H20N2O2/c1-15-9-3-6-13(15)14(17)18-10-16-11-4-2-5-12(16)8-7-11/h3,6,9,11-12H,2,4-5,7-8,10H2,1H3/t11-,12+. The first kappa shape index (κ1) is 11.8. The Bertz CT molecular complexity index is 425. The minimum atomic E-state index is -0.215. The summed E-state index contributed by atoms with van der Waals surface area (Å²) in [6, 6.07) is 4.95. The van der Waals surface area contributed by atoms with Gasteiger partial charge in [0.15, 0.2) is 0 Å². The van der Waals surface area contributed by atoms with Crippen molar-refractivity contribution in [2.45, 2.75) is 44.2 Å². The van der Waals surface area contributed by atoms with Gasteiger partial charge in [0.25, 0.3) is 0 Å². The van der Waals surface area contributed by atoms with Crippen LogP contribution in [0.4, 0.5) is 0 Å². The lowest BCUT2D eigenvalue weighted by Gasteiger charge is -2.33. The lowest BCUT2D eigenvalue weighted by molar-refractivity contribution is -0.00380. The quantitative estimate of drug-likeness (QED) is 0.769. The molecule has 3 rings (SSSR count). The number of hydrogen-bond donors (Lipinski definition) is 0. The molecule has 0 unspecified atom stereocenters. The fraction of sp³-hybridized carbons (Fsp3) is 0.643. The van der Waals surface area contributed by atoms with Gasteiger partial charge in [-0.05, 0) is 37.8 Å². The van der Waals surface area contributed by atoms with Gasteiger partial charge in [0.05, 0.1) is 0 Å². The number of esters is 1. The normalized spacial score (nSPS) is 27.4. The number of carbonyl (C=O) groups is 1. The Balaban J connectivity index is 1.59. The highest BCUT2D eigenvalue weighted by Crippen LogP contribution is 2.35. The number of ether oxygens (including phenoxy) is 1. The first-order chi connectivity index (χ1) is 8.75. The van der Waals surface area contributed by atoms with Gasteiger partial charge in [-0.1, -0.05) is 6.42 Å². The van der Waals surface area contributed by atoms with Gasteiger partial charge in [0.2, 0.25) is 0 Å². The van der Waals surface area contributed by atoms with E-state index in [1.807, 2.05) is 19.3 Å². The SMILES string of the molecule is Cn1cccc1C(=O)OCN1[C@@H]2CCC[C@H]1CC2. The fourth-order valence-electron chi connectivity index (χ4n) is 3.32. The second kappa shape index (κ2) is 4.76. The van der Waals surface area contributed by atoms with Crippen LogP contribution in [0, 0.1) is 0 Å². The summed E-state index contributed by atoms with van der Waals surface area (Å²) < 4.78 is 7.25. The average molecular weight is 248 g/mol. The summed E-state index contributed by atoms with van der Waals surface area (Å²) in [5.41, 5.74) is 0.624. The van der Waals surface area contributed by atoms with Crippen LogP contribution < -0.4 is 0 Å². The maximum absolute atomic E-state index is 11.9. The summed E-state index contributed by atoms with van der Waals surface area (Å²) in [6.45, 7) is 0.458. The minimum absolute atomic E-state index is 0.215. The number of aryl methyl sites for hydroxylation is 1. The molecule has 0 N–H and O–H groups in total. The van der Waals surface area contributed by atoms with Gasteiger partial charge in [0, 0.05) is 25.3 Å². The Morgan fingerprint density at radius 3 is 2.67 bits per heavy atom. The van der Waals surface area contributed by atoms with Crippen molar-refractivity contribution >= 4 is 5.97 Å². The Morgan fingerprint density at radius 1 is 1.33 bits per heavy atom. The zero-order chi connectivity index (χ0) is 12.5. The Hall–Kier alpha value is -1.29. The number of fused-ring (bicyclic) bond motifs is 2. The number of hydrogen-bond acceptors (Lipinski definition) is 3. The zero-order valence-electron chi connectivity index (χ0n) is 10.8. The van der Waals surface area contributed by atoms with Crippen LogP contribution in [0.1, 0.15) is 42.6 Å². The van der Waals surface area contributed by atoms with Crippen molar-refractivity contribution in [1.29, 1.82) is 0 Å². The van der Waals surface area contributed by atoms with E-state index in [0.29, 0.717) is 24.5 Å². The van der Waals surface area contributed by atoms with Crippen molar-refractivity contribution < 1.29 is 9.53 Å². The molecule has 0 amide bonds. The molecule has 0 spiro atoms. The van der Waals surface area contributed by atoms with E-state index in [2.05, 4.69) is 4.90 Å². The molecule has 4 nitrogen and oxygen atoms in total. The Morgan fingerprint density at radius 2 is 2.06 bits per heavy atom. The molecule has 2 saturated heterocycles. The molecular formula is C14H20N2O2. The topological polar surface area (TPSA) is 34.5 Å². The monoisotopic (exact) mass is 248 g/mol. The molecule has 2 aliphatic rings. The Labute approximate surface area is 108 Å². The van der Waals surface area contributed by atoms with E-state index in [1.165, 1.54) is 32.1 Å². The van der Waals surface area contributed by atoms with E-state index in [4.69, 9.17) is 4.74 Å². The number of aromatic nitrogens is 1. The summed E-state index contributed by atoms with van der Waals surface area (Å²) in [5, 5.41) is 0. The summed E-state index contributed by atoms with van der Waals surface area (Å²) in [7, 11) is 1.86. The molecule has 3 heterocycles. The number of rotatable bonds is 3. The fourth-order valence-corrected chi connectivity index (χ4v) is 3.32. The molecule has 18 heavy (non-hydrogen) atoms. The van der Waals surface area contributed by atoms with Crippen LogP contribution in [-0.2, 0) is 11.8 Å². The number of carbonyl (C=O) groups excluding carboxylic acids is 1. The van der Waals surface area contributed by atoms with Crippen LogP contribution in [0.25, 0.3) is 0 Å². The molecule has 1 aromatic heterocycles. The molecule has 0 aromatic carbocycles. The average Bonchev–Trinajstić information content (AvgIpc) is 2.87. The van der Waals surface area contributed by atoms with Crippen LogP contribution in [0.5, 0.6) is 0 Å². The molecule has 1 aromatic rings. The van der Waals surface area contributed by atoms with Crippen LogP contribution in [0.3, 0.4) is 0 Å². The smallest absolute Gasteiger partial charge is 0.356 e. The summed E-state index contributed by atoms with van der Waals surface area (Å²) >= 11 is 0. The van der Waals surface area contributed by atoms with Crippen molar-refractivity contribution in [2.75, 3.05) is 6.73 Å². The van der Waals surface area contributed by atoms with Gasteiger partial charge in [-0.3, -0.25) is 4.90 Å². The van der Waals surface area contributed by atoms with E-state index in [1.54, 1.807) is 10.6 Å². The van der Waals surface area contributed by atoms with Gasteiger partial charge in [-0.2, -0.15) is 0 Å². The van der Waals surface area contributed by atoms with E-state index in [9.17, 15) is 4.79 Å². The lowest BCUT2D eigenvalue weighted by Crippen LogP contribution is -2.41. The van der Waals surface area contributed by atoms with Crippen molar-refractivity contribution in [2.24, 2.45) is 7.05 Å². The minimum Gasteiger partial charge on any atom is -0.445 e. The van der Waals surface area contributed by atoms with Crippen LogP contribution in [-0.4, -0.2) is 34.3 Å². The van der Waals surface area contributed by atoms with E-state index >= 15 is 0 Å². The first-order valence-electron chi connectivity index (χ1n) is 6.80. The van der Waals surface area contributed by atoms with Gasteiger partial charge in [-0.25, -0.2) is 4.79 Å². The summed E-state index contributed by atoms with van der Waals surface area (Å²) in [5.74, 6) is -0.215. The number of piperidine rings is 1. The second-order valence-corrected chi connectivity index (χ2v) is 5.40. The van der Waals surface area contributed by atoms with Crippen LogP contribution >= 0.6 is 0 Å². The number of nitrogens with zero attached hydrogens (tertiary/aromatic N) is 2. The molecule has 2 bridgehead atoms. The highest BCUT2D eigenvalue weighted by Gasteiger charge is 2.36. The van der Waals surface area contributed by atoms with Crippen LogP contribution in [0.15, 0.2) is 18.3 Å². The molecule has 0 aliphatic carbocycles. The predicted molar refractivity (Wildman–Crippen MR) is 68.2 cm³/mol. The van der Waals surface area contributed by atoms with Gasteiger partial charge in [-0.15, -0.1) is 0 Å². The van der Waals surface area contributed by atoms with Crippen molar-refractivity contribution in [3.8, 4) is 0 Å². The maximum atomic E-state index is 11.9. The maximum Gasteiger partial charge on any atom is 0.356 e. The largest absolute Gasteiger partial charge is 0.445 e. The third kappa shape index (κ3) is 2.05. The molecule has 2 fully saturated rings. The van der Waals surface area contributed by atoms with Gasteiger partial charge in [0.1, 0.15) is 12.4 Å². The molecule has 2 atom stereocenters. The van der Waals surface area contributed by atoms with Gasteiger partial charge < -0.3 is 9.30 Å². The molecule has 0 radical (unpaired) electrons. The van der Waals surface area contributed by atoms with Crippen molar-refractivity contribution in [3.05, 3.63) is 24.0 Å². The highest BCUT2D eigenvalue weighted by molar-refractivity contribution is 5.87. The molecular weight excluding hydrogens is 228 g/mol. The molecule has 98 valence electrons. The van der Waals surface area contributed by atoms with E-state index in [0.717, 1.165) is 0 Å². The van der Waals surface area contributed by atoms with Crippen molar-refractivity contribution in [3.63, 3.8) is 0 Å². The van der Waals surface area contributed by atoms with E-state index < -0.39 is 0 Å². The molecule has 0 saturated carbocycles. The highest BCUT2D eigenvalue weighted by atomic mass is 16.5. The lowest BCUT2D eigenvalue weighted by atomic mass is 10.0. The zero-order valence-corrected chi connectivity index (χ0v) is 10.8. The second-order valence-electron chi connectivity index (χ2n) is 5.40. The van der Waals surface area contributed by atoms with Crippen molar-refractivity contribution in [1.82, 2.24) is 9.47 Å². The third-order valence-electron chi connectivity index (χ3n) is 4.34. The summed E-state index contributed by atoms with van der Waals surface area (Å²) in [4.78, 5) is 14.3. The van der Waals surface area contributed by atoms with Crippen LogP contribution in [0.2, 0.25) is 0 Å².